The molecule has 2 unspecified atom stereocenters. The van der Waals surface area contributed by atoms with Gasteiger partial charge in [-0.15, -0.1) is 0 Å². The first kappa shape index (κ1) is 14.8. The minimum atomic E-state index is 0.121. The normalized spacial score (nSPS) is 13.9. The summed E-state index contributed by atoms with van der Waals surface area (Å²) in [6.45, 7) is 4.68. The molecule has 0 heterocycles. The van der Waals surface area contributed by atoms with E-state index in [4.69, 9.17) is 5.11 Å². The Kier molecular flexibility index (Phi) is 5.37. The summed E-state index contributed by atoms with van der Waals surface area (Å²) in [4.78, 5) is 0. The van der Waals surface area contributed by atoms with Crippen molar-refractivity contribution in [1.82, 2.24) is 0 Å². The minimum absolute atomic E-state index is 0.121. The molecule has 0 fully saturated rings. The van der Waals surface area contributed by atoms with Crippen LogP contribution in [0.4, 0.5) is 0 Å². The highest BCUT2D eigenvalue weighted by atomic mass is 16.3. The molecule has 2 atom stereocenters. The van der Waals surface area contributed by atoms with Crippen LogP contribution in [0.2, 0.25) is 0 Å². The summed E-state index contributed by atoms with van der Waals surface area (Å²) in [5, 5.41) is 9.10. The van der Waals surface area contributed by atoms with Crippen molar-refractivity contribution < 1.29 is 5.11 Å². The first-order valence-electron chi connectivity index (χ1n) is 7.49. The summed E-state index contributed by atoms with van der Waals surface area (Å²) in [5.74, 6) is 1.15. The Labute approximate surface area is 122 Å². The zero-order valence-electron chi connectivity index (χ0n) is 12.4. The van der Waals surface area contributed by atoms with Crippen molar-refractivity contribution in [2.24, 2.45) is 0 Å². The summed E-state index contributed by atoms with van der Waals surface area (Å²) in [6, 6.07) is 19.1. The summed E-state index contributed by atoms with van der Waals surface area (Å²) in [6.07, 6.45) is 2.34. The van der Waals surface area contributed by atoms with Crippen LogP contribution in [0.5, 0.6) is 0 Å². The standard InChI is InChI=1S/C19H24O/c1-3-17(19-7-5-4-6-8-19)13-15(2)18-11-9-16(14-20)10-12-18/h4-12,15,17,20H,3,13-14H2,1-2H3. The Bertz CT molecular complexity index is 501. The van der Waals surface area contributed by atoms with Gasteiger partial charge in [0.1, 0.15) is 0 Å². The lowest BCUT2D eigenvalue weighted by Crippen LogP contribution is -2.03. The second-order valence-corrected chi connectivity index (χ2v) is 5.55. The van der Waals surface area contributed by atoms with E-state index in [-0.39, 0.29) is 6.61 Å². The van der Waals surface area contributed by atoms with Crippen LogP contribution < -0.4 is 0 Å². The molecule has 0 aliphatic rings. The fourth-order valence-corrected chi connectivity index (χ4v) is 2.78. The molecule has 0 bridgehead atoms. The van der Waals surface area contributed by atoms with Crippen molar-refractivity contribution >= 4 is 0 Å². The highest BCUT2D eigenvalue weighted by Gasteiger charge is 2.14. The zero-order valence-corrected chi connectivity index (χ0v) is 12.4. The molecule has 20 heavy (non-hydrogen) atoms. The zero-order chi connectivity index (χ0) is 14.4. The Morgan fingerprint density at radius 3 is 2.10 bits per heavy atom. The number of aliphatic hydroxyl groups excluding tert-OH is 1. The predicted octanol–water partition coefficient (Wildman–Crippen LogP) is 4.87. The summed E-state index contributed by atoms with van der Waals surface area (Å²) in [5.41, 5.74) is 3.78. The molecular weight excluding hydrogens is 244 g/mol. The van der Waals surface area contributed by atoms with E-state index in [9.17, 15) is 0 Å². The number of rotatable bonds is 6. The maximum absolute atomic E-state index is 9.10. The topological polar surface area (TPSA) is 20.2 Å². The molecule has 0 radical (unpaired) electrons. The molecule has 0 amide bonds. The van der Waals surface area contributed by atoms with E-state index in [2.05, 4.69) is 56.3 Å². The summed E-state index contributed by atoms with van der Waals surface area (Å²) >= 11 is 0. The third-order valence-electron chi connectivity index (χ3n) is 4.13. The minimum Gasteiger partial charge on any atom is -0.392 e. The molecule has 2 rings (SSSR count). The van der Waals surface area contributed by atoms with Crippen molar-refractivity contribution in [3.63, 3.8) is 0 Å². The lowest BCUT2D eigenvalue weighted by molar-refractivity contribution is 0.282. The molecule has 0 saturated heterocycles. The molecule has 1 nitrogen and oxygen atoms in total. The smallest absolute Gasteiger partial charge is 0.0681 e. The molecular formula is C19H24O. The number of hydrogen-bond donors (Lipinski definition) is 1. The maximum atomic E-state index is 9.10. The fourth-order valence-electron chi connectivity index (χ4n) is 2.78. The van der Waals surface area contributed by atoms with Crippen molar-refractivity contribution in [1.29, 1.82) is 0 Å². The third-order valence-corrected chi connectivity index (χ3v) is 4.13. The molecule has 0 aliphatic heterocycles. The third kappa shape index (κ3) is 3.71. The largest absolute Gasteiger partial charge is 0.392 e. The van der Waals surface area contributed by atoms with E-state index in [1.54, 1.807) is 0 Å². The van der Waals surface area contributed by atoms with Gasteiger partial charge in [-0.05, 0) is 41.4 Å². The first-order valence-corrected chi connectivity index (χ1v) is 7.49. The molecule has 0 aromatic heterocycles. The molecule has 0 aliphatic carbocycles. The summed E-state index contributed by atoms with van der Waals surface area (Å²) < 4.78 is 0. The van der Waals surface area contributed by atoms with Crippen LogP contribution in [0.15, 0.2) is 54.6 Å². The van der Waals surface area contributed by atoms with Gasteiger partial charge in [-0.1, -0.05) is 68.4 Å². The van der Waals surface area contributed by atoms with Gasteiger partial charge in [0.2, 0.25) is 0 Å². The Balaban J connectivity index is 2.06. The predicted molar refractivity (Wildman–Crippen MR) is 84.9 cm³/mol. The highest BCUT2D eigenvalue weighted by molar-refractivity contribution is 5.26. The van der Waals surface area contributed by atoms with E-state index in [1.165, 1.54) is 24.0 Å². The van der Waals surface area contributed by atoms with Gasteiger partial charge in [0, 0.05) is 0 Å². The van der Waals surface area contributed by atoms with E-state index in [0.717, 1.165) is 5.56 Å². The van der Waals surface area contributed by atoms with E-state index < -0.39 is 0 Å². The van der Waals surface area contributed by atoms with E-state index in [1.807, 2.05) is 12.1 Å². The van der Waals surface area contributed by atoms with Crippen LogP contribution in [0, 0.1) is 0 Å². The van der Waals surface area contributed by atoms with Crippen molar-refractivity contribution in [3.8, 4) is 0 Å². The quantitative estimate of drug-likeness (QED) is 0.792. The molecule has 1 heteroatoms. The molecule has 2 aromatic rings. The van der Waals surface area contributed by atoms with Crippen molar-refractivity contribution in [2.75, 3.05) is 0 Å². The van der Waals surface area contributed by atoms with Gasteiger partial charge >= 0.3 is 0 Å². The lowest BCUT2D eigenvalue weighted by Gasteiger charge is -2.20. The number of benzene rings is 2. The Morgan fingerprint density at radius 2 is 1.55 bits per heavy atom. The van der Waals surface area contributed by atoms with E-state index >= 15 is 0 Å². The molecule has 0 spiro atoms. The van der Waals surface area contributed by atoms with Crippen LogP contribution in [-0.2, 0) is 6.61 Å². The Morgan fingerprint density at radius 1 is 0.900 bits per heavy atom. The number of aliphatic hydroxyl groups is 1. The van der Waals surface area contributed by atoms with Gasteiger partial charge in [0.25, 0.3) is 0 Å². The monoisotopic (exact) mass is 268 g/mol. The van der Waals surface area contributed by atoms with Gasteiger partial charge < -0.3 is 5.11 Å². The second kappa shape index (κ2) is 7.25. The summed E-state index contributed by atoms with van der Waals surface area (Å²) in [7, 11) is 0. The van der Waals surface area contributed by atoms with Crippen LogP contribution in [-0.4, -0.2) is 5.11 Å². The first-order chi connectivity index (χ1) is 9.74. The van der Waals surface area contributed by atoms with Crippen LogP contribution >= 0.6 is 0 Å². The van der Waals surface area contributed by atoms with Gasteiger partial charge in [-0.2, -0.15) is 0 Å². The maximum Gasteiger partial charge on any atom is 0.0681 e. The highest BCUT2D eigenvalue weighted by Crippen LogP contribution is 2.31. The average Bonchev–Trinajstić information content (AvgIpc) is 2.53. The lowest BCUT2D eigenvalue weighted by atomic mass is 9.84. The molecule has 1 N–H and O–H groups in total. The van der Waals surface area contributed by atoms with Gasteiger partial charge in [0.15, 0.2) is 0 Å². The molecule has 0 saturated carbocycles. The van der Waals surface area contributed by atoms with Crippen LogP contribution in [0.3, 0.4) is 0 Å². The van der Waals surface area contributed by atoms with Crippen molar-refractivity contribution in [3.05, 3.63) is 71.3 Å². The number of hydrogen-bond acceptors (Lipinski definition) is 1. The second-order valence-electron chi connectivity index (χ2n) is 5.55. The van der Waals surface area contributed by atoms with Gasteiger partial charge in [-0.25, -0.2) is 0 Å². The Hall–Kier alpha value is -1.60. The van der Waals surface area contributed by atoms with Crippen LogP contribution in [0.25, 0.3) is 0 Å². The van der Waals surface area contributed by atoms with Crippen molar-refractivity contribution in [2.45, 2.75) is 45.1 Å². The molecule has 106 valence electrons. The molecule has 2 aromatic carbocycles. The van der Waals surface area contributed by atoms with Crippen LogP contribution in [0.1, 0.15) is 55.2 Å². The van der Waals surface area contributed by atoms with Gasteiger partial charge in [0.05, 0.1) is 6.61 Å². The van der Waals surface area contributed by atoms with E-state index in [0.29, 0.717) is 11.8 Å². The SMILES string of the molecule is CCC(CC(C)c1ccc(CO)cc1)c1ccccc1. The fraction of sp³-hybridized carbons (Fsp3) is 0.368. The average molecular weight is 268 g/mol. The van der Waals surface area contributed by atoms with Gasteiger partial charge in [-0.3, -0.25) is 0 Å².